The van der Waals surface area contributed by atoms with Crippen molar-refractivity contribution in [2.75, 3.05) is 19.5 Å². The van der Waals surface area contributed by atoms with E-state index in [9.17, 15) is 0 Å². The van der Waals surface area contributed by atoms with E-state index in [1.54, 1.807) is 26.5 Å². The highest BCUT2D eigenvalue weighted by atomic mass is 16.5. The number of hydrogen-bond donors (Lipinski definition) is 1. The molecule has 6 aromatic rings. The van der Waals surface area contributed by atoms with Crippen LogP contribution < -0.4 is 19.5 Å². The summed E-state index contributed by atoms with van der Waals surface area (Å²) < 4.78 is 17.0. The van der Waals surface area contributed by atoms with Gasteiger partial charge in [0.15, 0.2) is 11.6 Å². The lowest BCUT2D eigenvalue weighted by Gasteiger charge is -2.15. The van der Waals surface area contributed by atoms with Crippen LogP contribution in [0.25, 0.3) is 33.1 Å². The number of pyridine rings is 2. The lowest BCUT2D eigenvalue weighted by molar-refractivity contribution is 0.398. The second kappa shape index (κ2) is 10.0. The zero-order chi connectivity index (χ0) is 25.9. The highest BCUT2D eigenvalue weighted by Gasteiger charge is 2.15. The predicted molar refractivity (Wildman–Crippen MR) is 147 cm³/mol. The first-order valence-electron chi connectivity index (χ1n) is 12.0. The van der Waals surface area contributed by atoms with E-state index in [4.69, 9.17) is 14.2 Å². The average Bonchev–Trinajstić information content (AvgIpc) is 2.98. The van der Waals surface area contributed by atoms with Crippen molar-refractivity contribution in [2.45, 2.75) is 0 Å². The molecule has 1 N–H and O–H groups in total. The van der Waals surface area contributed by atoms with Crippen molar-refractivity contribution in [1.82, 2.24) is 20.2 Å². The van der Waals surface area contributed by atoms with Crippen molar-refractivity contribution >= 4 is 33.2 Å². The Balaban J connectivity index is 1.37. The number of anilines is 2. The van der Waals surface area contributed by atoms with E-state index in [0.717, 1.165) is 33.1 Å². The van der Waals surface area contributed by atoms with Crippen LogP contribution in [0, 0.1) is 0 Å². The van der Waals surface area contributed by atoms with E-state index in [1.165, 1.54) is 0 Å². The van der Waals surface area contributed by atoms with Crippen LogP contribution in [0.4, 0.5) is 11.5 Å². The fourth-order valence-electron chi connectivity index (χ4n) is 4.27. The fraction of sp³-hybridized carbons (Fsp3) is 0.0667. The summed E-state index contributed by atoms with van der Waals surface area (Å²) in [4.78, 5) is 9.00. The Morgan fingerprint density at radius 1 is 0.684 bits per heavy atom. The van der Waals surface area contributed by atoms with Gasteiger partial charge in [0, 0.05) is 34.5 Å². The third-order valence-electron chi connectivity index (χ3n) is 6.13. The molecule has 0 saturated carbocycles. The van der Waals surface area contributed by atoms with Crippen LogP contribution in [0.2, 0.25) is 0 Å². The molecule has 0 bridgehead atoms. The fourth-order valence-corrected chi connectivity index (χ4v) is 4.27. The average molecular weight is 502 g/mol. The van der Waals surface area contributed by atoms with Crippen LogP contribution in [0.15, 0.2) is 97.2 Å². The molecule has 6 rings (SSSR count). The first-order chi connectivity index (χ1) is 18.7. The molecule has 0 amide bonds. The normalized spacial score (nSPS) is 10.9. The predicted octanol–water partition coefficient (Wildman–Crippen LogP) is 6.79. The Morgan fingerprint density at radius 2 is 1.53 bits per heavy atom. The van der Waals surface area contributed by atoms with Crippen LogP contribution in [0.1, 0.15) is 0 Å². The molecular weight excluding hydrogens is 478 g/mol. The van der Waals surface area contributed by atoms with Gasteiger partial charge >= 0.3 is 0 Å². The van der Waals surface area contributed by atoms with Crippen molar-refractivity contribution in [3.8, 4) is 34.5 Å². The molecule has 0 saturated heterocycles. The van der Waals surface area contributed by atoms with Gasteiger partial charge in [0.25, 0.3) is 0 Å². The minimum Gasteiger partial charge on any atom is -0.497 e. The first-order valence-corrected chi connectivity index (χ1v) is 12.0. The van der Waals surface area contributed by atoms with E-state index in [-0.39, 0.29) is 0 Å². The monoisotopic (exact) mass is 501 g/mol. The summed E-state index contributed by atoms with van der Waals surface area (Å²) >= 11 is 0. The maximum atomic E-state index is 6.38. The highest BCUT2D eigenvalue weighted by molar-refractivity contribution is 6.00. The Labute approximate surface area is 218 Å². The Bertz CT molecular complexity index is 1770. The maximum absolute atomic E-state index is 6.38. The number of fused-ring (bicyclic) bond motifs is 2. The van der Waals surface area contributed by atoms with Crippen LogP contribution >= 0.6 is 0 Å². The number of nitrogens with zero attached hydrogens (tertiary/aromatic N) is 4. The van der Waals surface area contributed by atoms with Gasteiger partial charge in [0.2, 0.25) is 5.88 Å². The van der Waals surface area contributed by atoms with Gasteiger partial charge < -0.3 is 19.5 Å². The summed E-state index contributed by atoms with van der Waals surface area (Å²) in [6.07, 6.45) is 1.72. The largest absolute Gasteiger partial charge is 0.497 e. The van der Waals surface area contributed by atoms with Crippen LogP contribution in [0.5, 0.6) is 23.1 Å². The molecule has 0 fully saturated rings. The molecule has 38 heavy (non-hydrogen) atoms. The van der Waals surface area contributed by atoms with Gasteiger partial charge in [-0.3, -0.25) is 4.98 Å². The number of aromatic nitrogens is 4. The molecule has 0 spiro atoms. The summed E-state index contributed by atoms with van der Waals surface area (Å²) in [5, 5.41) is 15.2. The van der Waals surface area contributed by atoms with Crippen molar-refractivity contribution in [3.63, 3.8) is 0 Å². The molecule has 8 heteroatoms. The SMILES string of the molecule is COc1ccc2c(Oc3ccccc3Nc3nnc(-c4cccc(OC)n4)c4ccccc34)ccnc2c1. The summed E-state index contributed by atoms with van der Waals surface area (Å²) in [5.41, 5.74) is 2.89. The Hall–Kier alpha value is -5.24. The number of nitrogens with one attached hydrogen (secondary N) is 1. The van der Waals surface area contributed by atoms with E-state index in [1.807, 2.05) is 84.9 Å². The molecule has 3 heterocycles. The molecule has 0 atom stereocenters. The molecule has 0 aliphatic carbocycles. The number of para-hydroxylation sites is 2. The lowest BCUT2D eigenvalue weighted by Crippen LogP contribution is -2.01. The van der Waals surface area contributed by atoms with E-state index >= 15 is 0 Å². The minimum absolute atomic E-state index is 0.517. The molecular formula is C30H23N5O3. The maximum Gasteiger partial charge on any atom is 0.213 e. The molecule has 8 nitrogen and oxygen atoms in total. The van der Waals surface area contributed by atoms with Crippen LogP contribution in [0.3, 0.4) is 0 Å². The van der Waals surface area contributed by atoms with Crippen molar-refractivity contribution in [2.24, 2.45) is 0 Å². The number of methoxy groups -OCH3 is 2. The zero-order valence-corrected chi connectivity index (χ0v) is 20.8. The van der Waals surface area contributed by atoms with Gasteiger partial charge in [-0.2, -0.15) is 0 Å². The van der Waals surface area contributed by atoms with Crippen molar-refractivity contribution < 1.29 is 14.2 Å². The zero-order valence-electron chi connectivity index (χ0n) is 20.8. The summed E-state index contributed by atoms with van der Waals surface area (Å²) in [7, 11) is 3.23. The molecule has 0 aliphatic heterocycles. The third-order valence-corrected chi connectivity index (χ3v) is 6.13. The van der Waals surface area contributed by atoms with Crippen LogP contribution in [-0.4, -0.2) is 34.4 Å². The molecule has 3 aromatic carbocycles. The topological polar surface area (TPSA) is 91.3 Å². The summed E-state index contributed by atoms with van der Waals surface area (Å²) in [5.74, 6) is 3.18. The first kappa shape index (κ1) is 23.2. The van der Waals surface area contributed by atoms with Crippen molar-refractivity contribution in [3.05, 3.63) is 97.2 Å². The Kier molecular flexibility index (Phi) is 6.11. The number of ether oxygens (including phenoxy) is 3. The molecule has 0 unspecified atom stereocenters. The van der Waals surface area contributed by atoms with Gasteiger partial charge in [-0.15, -0.1) is 10.2 Å². The minimum atomic E-state index is 0.517. The third kappa shape index (κ3) is 4.39. The van der Waals surface area contributed by atoms with E-state index < -0.39 is 0 Å². The highest BCUT2D eigenvalue weighted by Crippen LogP contribution is 2.37. The molecule has 0 aliphatic rings. The number of benzene rings is 3. The van der Waals surface area contributed by atoms with Crippen LogP contribution in [-0.2, 0) is 0 Å². The Morgan fingerprint density at radius 3 is 2.39 bits per heavy atom. The van der Waals surface area contributed by atoms with Gasteiger partial charge in [-0.25, -0.2) is 4.98 Å². The van der Waals surface area contributed by atoms with Gasteiger partial charge in [0.1, 0.15) is 17.2 Å². The quantitative estimate of drug-likeness (QED) is 0.256. The van der Waals surface area contributed by atoms with Crippen molar-refractivity contribution in [1.29, 1.82) is 0 Å². The molecule has 0 radical (unpaired) electrons. The number of rotatable bonds is 7. The number of hydrogen-bond acceptors (Lipinski definition) is 8. The van der Waals surface area contributed by atoms with E-state index in [2.05, 4.69) is 25.5 Å². The molecule has 186 valence electrons. The van der Waals surface area contributed by atoms with E-state index in [0.29, 0.717) is 34.6 Å². The lowest BCUT2D eigenvalue weighted by atomic mass is 10.1. The van der Waals surface area contributed by atoms with Gasteiger partial charge in [-0.1, -0.05) is 42.5 Å². The summed E-state index contributed by atoms with van der Waals surface area (Å²) in [6, 6.07) is 28.8. The standard InChI is InChI=1S/C30H23N5O3/c1-36-19-14-15-22-25(18-19)31-17-16-26(22)38-27-12-6-5-10-23(27)33-30-21-9-4-3-8-20(21)29(34-35-30)24-11-7-13-28(32-24)37-2/h3-18H,1-2H3,(H,33,35). The molecule has 3 aromatic heterocycles. The second-order valence-corrected chi connectivity index (χ2v) is 8.42. The second-order valence-electron chi connectivity index (χ2n) is 8.42. The van der Waals surface area contributed by atoms with Gasteiger partial charge in [0.05, 0.1) is 31.1 Å². The van der Waals surface area contributed by atoms with Gasteiger partial charge in [-0.05, 0) is 36.4 Å². The summed E-state index contributed by atoms with van der Waals surface area (Å²) in [6.45, 7) is 0. The smallest absolute Gasteiger partial charge is 0.213 e.